The van der Waals surface area contributed by atoms with Crippen LogP contribution in [0, 0.1) is 12.7 Å². The Morgan fingerprint density at radius 2 is 2.12 bits per heavy atom. The predicted octanol–water partition coefficient (Wildman–Crippen LogP) is 5.09. The number of amides is 1. The van der Waals surface area contributed by atoms with E-state index in [1.807, 2.05) is 36.6 Å². The molecule has 0 bridgehead atoms. The van der Waals surface area contributed by atoms with Crippen LogP contribution < -0.4 is 5.32 Å². The summed E-state index contributed by atoms with van der Waals surface area (Å²) in [5.41, 5.74) is 2.94. The van der Waals surface area contributed by atoms with Crippen molar-refractivity contribution in [2.24, 2.45) is 0 Å². The van der Waals surface area contributed by atoms with Gasteiger partial charge in [0.1, 0.15) is 10.8 Å². The van der Waals surface area contributed by atoms with Gasteiger partial charge in [-0.3, -0.25) is 4.79 Å². The molecule has 0 atom stereocenters. The third-order valence-electron chi connectivity index (χ3n) is 3.36. The lowest BCUT2D eigenvalue weighted by Crippen LogP contribution is -2.15. The van der Waals surface area contributed by atoms with E-state index in [2.05, 4.69) is 10.3 Å². The van der Waals surface area contributed by atoms with Gasteiger partial charge in [-0.15, -0.1) is 11.3 Å². The van der Waals surface area contributed by atoms with Crippen LogP contribution in [0.1, 0.15) is 11.3 Å². The molecule has 3 aromatic rings. The smallest absolute Gasteiger partial charge is 0.230 e. The predicted molar refractivity (Wildman–Crippen MR) is 96.0 cm³/mol. The number of thiazole rings is 1. The zero-order chi connectivity index (χ0) is 17.1. The highest BCUT2D eigenvalue weighted by Crippen LogP contribution is 2.25. The highest BCUT2D eigenvalue weighted by molar-refractivity contribution is 7.13. The molecule has 3 rings (SSSR count). The van der Waals surface area contributed by atoms with Gasteiger partial charge in [-0.05, 0) is 31.2 Å². The summed E-state index contributed by atoms with van der Waals surface area (Å²) in [6, 6.07) is 12.2. The number of nitrogens with zero attached hydrogens (tertiary/aromatic N) is 1. The minimum absolute atomic E-state index is 0.0877. The number of benzene rings is 2. The Hall–Kier alpha value is -2.24. The molecule has 1 aromatic heterocycles. The van der Waals surface area contributed by atoms with E-state index in [0.717, 1.165) is 22.2 Å². The van der Waals surface area contributed by atoms with E-state index in [0.29, 0.717) is 5.69 Å². The molecule has 1 N–H and O–H groups in total. The van der Waals surface area contributed by atoms with Gasteiger partial charge in [0.05, 0.1) is 17.8 Å². The molecule has 0 fully saturated rings. The lowest BCUT2D eigenvalue weighted by atomic mass is 10.1. The van der Waals surface area contributed by atoms with Crippen LogP contribution in [0.15, 0.2) is 47.8 Å². The van der Waals surface area contributed by atoms with Crippen LogP contribution in [0.2, 0.25) is 5.02 Å². The van der Waals surface area contributed by atoms with E-state index in [4.69, 9.17) is 11.6 Å². The quantitative estimate of drug-likeness (QED) is 0.704. The Kier molecular flexibility index (Phi) is 4.92. The van der Waals surface area contributed by atoms with Crippen molar-refractivity contribution in [2.45, 2.75) is 13.3 Å². The molecule has 1 amide bonds. The van der Waals surface area contributed by atoms with Gasteiger partial charge in [-0.25, -0.2) is 9.37 Å². The molecule has 0 aliphatic carbocycles. The first-order valence-electron chi connectivity index (χ1n) is 7.27. The number of carbonyl (C=O) groups excluding carboxylic acids is 1. The largest absolute Gasteiger partial charge is 0.323 e. The van der Waals surface area contributed by atoms with Crippen molar-refractivity contribution in [1.82, 2.24) is 4.98 Å². The summed E-state index contributed by atoms with van der Waals surface area (Å²) in [6.07, 6.45) is 0.0877. The Morgan fingerprint density at radius 3 is 2.88 bits per heavy atom. The van der Waals surface area contributed by atoms with Gasteiger partial charge in [0.2, 0.25) is 5.91 Å². The van der Waals surface area contributed by atoms with Gasteiger partial charge < -0.3 is 5.32 Å². The van der Waals surface area contributed by atoms with Crippen LogP contribution in [-0.2, 0) is 11.2 Å². The molecule has 2 aromatic carbocycles. The first-order valence-corrected chi connectivity index (χ1v) is 8.53. The second kappa shape index (κ2) is 7.11. The lowest BCUT2D eigenvalue weighted by Gasteiger charge is -2.05. The zero-order valence-corrected chi connectivity index (χ0v) is 14.4. The third-order valence-corrected chi connectivity index (χ3v) is 4.54. The van der Waals surface area contributed by atoms with E-state index in [9.17, 15) is 9.18 Å². The van der Waals surface area contributed by atoms with Crippen molar-refractivity contribution in [3.8, 4) is 10.6 Å². The molecule has 0 radical (unpaired) electrons. The van der Waals surface area contributed by atoms with Crippen LogP contribution in [0.4, 0.5) is 10.1 Å². The molecule has 0 spiro atoms. The van der Waals surface area contributed by atoms with E-state index in [-0.39, 0.29) is 23.0 Å². The second-order valence-corrected chi connectivity index (χ2v) is 6.66. The van der Waals surface area contributed by atoms with Crippen molar-refractivity contribution >= 4 is 34.5 Å². The highest BCUT2D eigenvalue weighted by atomic mass is 35.5. The maximum absolute atomic E-state index is 13.7. The molecule has 0 saturated heterocycles. The van der Waals surface area contributed by atoms with Gasteiger partial charge in [-0.2, -0.15) is 0 Å². The molecule has 6 heteroatoms. The molecule has 0 aliphatic rings. The van der Waals surface area contributed by atoms with Gasteiger partial charge >= 0.3 is 0 Å². The SMILES string of the molecule is Cc1cccc(-c2nc(CC(=O)Nc3ccc(Cl)cc3F)cs2)c1. The number of hydrogen-bond acceptors (Lipinski definition) is 3. The summed E-state index contributed by atoms with van der Waals surface area (Å²) in [5.74, 6) is -0.883. The van der Waals surface area contributed by atoms with Gasteiger partial charge in [0.15, 0.2) is 0 Å². The van der Waals surface area contributed by atoms with Crippen LogP contribution >= 0.6 is 22.9 Å². The van der Waals surface area contributed by atoms with Crippen molar-refractivity contribution in [1.29, 1.82) is 0 Å². The minimum Gasteiger partial charge on any atom is -0.323 e. The van der Waals surface area contributed by atoms with Crippen LogP contribution in [0.5, 0.6) is 0 Å². The standard InChI is InChI=1S/C18H14ClFN2OS/c1-11-3-2-4-12(7-11)18-21-14(10-24-18)9-17(23)22-16-6-5-13(19)8-15(16)20/h2-8,10H,9H2,1H3,(H,22,23). The number of anilines is 1. The number of aromatic nitrogens is 1. The normalized spacial score (nSPS) is 10.6. The summed E-state index contributed by atoms with van der Waals surface area (Å²) in [7, 11) is 0. The topological polar surface area (TPSA) is 42.0 Å². The molecule has 3 nitrogen and oxygen atoms in total. The number of nitrogens with one attached hydrogen (secondary N) is 1. The second-order valence-electron chi connectivity index (χ2n) is 5.36. The van der Waals surface area contributed by atoms with Crippen molar-refractivity contribution in [2.75, 3.05) is 5.32 Å². The number of aryl methyl sites for hydroxylation is 1. The van der Waals surface area contributed by atoms with E-state index >= 15 is 0 Å². The fraction of sp³-hybridized carbons (Fsp3) is 0.111. The van der Waals surface area contributed by atoms with Crippen molar-refractivity contribution in [3.63, 3.8) is 0 Å². The Labute approximate surface area is 148 Å². The first-order chi connectivity index (χ1) is 11.5. The minimum atomic E-state index is -0.561. The van der Waals surface area contributed by atoms with Gasteiger partial charge in [-0.1, -0.05) is 35.4 Å². The number of carbonyl (C=O) groups is 1. The average Bonchev–Trinajstić information content (AvgIpc) is 2.98. The van der Waals surface area contributed by atoms with E-state index < -0.39 is 5.82 Å². The molecule has 24 heavy (non-hydrogen) atoms. The van der Waals surface area contributed by atoms with E-state index in [1.54, 1.807) is 0 Å². The Bertz CT molecular complexity index is 894. The van der Waals surface area contributed by atoms with Gasteiger partial charge in [0, 0.05) is 16.0 Å². The van der Waals surface area contributed by atoms with Gasteiger partial charge in [0.25, 0.3) is 0 Å². The molecule has 0 unspecified atom stereocenters. The molecular weight excluding hydrogens is 347 g/mol. The summed E-state index contributed by atoms with van der Waals surface area (Å²) in [5, 5.41) is 5.52. The summed E-state index contributed by atoms with van der Waals surface area (Å²) in [4.78, 5) is 16.6. The van der Waals surface area contributed by atoms with Crippen LogP contribution in [0.25, 0.3) is 10.6 Å². The molecule has 1 heterocycles. The number of rotatable bonds is 4. The van der Waals surface area contributed by atoms with E-state index in [1.165, 1.54) is 23.5 Å². The highest BCUT2D eigenvalue weighted by Gasteiger charge is 2.11. The fourth-order valence-electron chi connectivity index (χ4n) is 2.25. The van der Waals surface area contributed by atoms with Crippen LogP contribution in [0.3, 0.4) is 0 Å². The zero-order valence-electron chi connectivity index (χ0n) is 12.8. The summed E-state index contributed by atoms with van der Waals surface area (Å²) < 4.78 is 13.7. The maximum atomic E-state index is 13.7. The molecule has 122 valence electrons. The average molecular weight is 361 g/mol. The summed E-state index contributed by atoms with van der Waals surface area (Å²) in [6.45, 7) is 2.02. The molecular formula is C18H14ClFN2OS. The lowest BCUT2D eigenvalue weighted by molar-refractivity contribution is -0.115. The first kappa shape index (κ1) is 16.6. The number of hydrogen-bond donors (Lipinski definition) is 1. The Morgan fingerprint density at radius 1 is 1.29 bits per heavy atom. The number of halogens is 2. The Balaban J connectivity index is 1.69. The molecule has 0 aliphatic heterocycles. The fourth-order valence-corrected chi connectivity index (χ4v) is 3.22. The van der Waals surface area contributed by atoms with Crippen molar-refractivity contribution in [3.05, 3.63) is 69.9 Å². The molecule has 0 saturated carbocycles. The van der Waals surface area contributed by atoms with Crippen molar-refractivity contribution < 1.29 is 9.18 Å². The monoisotopic (exact) mass is 360 g/mol. The van der Waals surface area contributed by atoms with Crippen LogP contribution in [-0.4, -0.2) is 10.9 Å². The summed E-state index contributed by atoms with van der Waals surface area (Å²) >= 11 is 7.18. The maximum Gasteiger partial charge on any atom is 0.230 e. The third kappa shape index (κ3) is 3.99.